The van der Waals surface area contributed by atoms with E-state index < -0.39 is 0 Å². The fourth-order valence-electron chi connectivity index (χ4n) is 2.81. The van der Waals surface area contributed by atoms with Gasteiger partial charge in [0.05, 0.1) is 0 Å². The number of rotatable bonds is 3. The van der Waals surface area contributed by atoms with Gasteiger partial charge in [-0.05, 0) is 37.9 Å². The van der Waals surface area contributed by atoms with Gasteiger partial charge < -0.3 is 10.2 Å². The predicted octanol–water partition coefficient (Wildman–Crippen LogP) is 2.51. The Hall–Kier alpha value is -1.02. The molecule has 1 saturated carbocycles. The second-order valence-corrected chi connectivity index (χ2v) is 5.23. The maximum absolute atomic E-state index is 3.63. The van der Waals surface area contributed by atoms with E-state index in [1.54, 1.807) is 0 Å². The monoisotopic (exact) mass is 216 g/mol. The molecule has 0 spiro atoms. The first-order valence-electron chi connectivity index (χ1n) is 6.37. The van der Waals surface area contributed by atoms with Gasteiger partial charge >= 0.3 is 0 Å². The van der Waals surface area contributed by atoms with Crippen LogP contribution in [-0.2, 0) is 6.42 Å². The molecule has 1 aromatic carbocycles. The van der Waals surface area contributed by atoms with Crippen molar-refractivity contribution >= 4 is 5.69 Å². The molecule has 1 unspecified atom stereocenters. The summed E-state index contributed by atoms with van der Waals surface area (Å²) in [7, 11) is 2.27. The third-order valence-electron chi connectivity index (χ3n) is 4.05. The fourth-order valence-corrected chi connectivity index (χ4v) is 2.81. The van der Waals surface area contributed by atoms with Crippen LogP contribution in [0.25, 0.3) is 0 Å². The van der Waals surface area contributed by atoms with Crippen molar-refractivity contribution in [1.82, 2.24) is 4.90 Å². The molecule has 86 valence electrons. The highest BCUT2D eigenvalue weighted by molar-refractivity contribution is 5.56. The zero-order valence-electron chi connectivity index (χ0n) is 9.95. The van der Waals surface area contributed by atoms with Crippen molar-refractivity contribution in [2.75, 3.05) is 18.9 Å². The molecule has 1 aliphatic heterocycles. The molecule has 1 aromatic rings. The quantitative estimate of drug-likeness (QED) is 0.835. The number of benzene rings is 1. The van der Waals surface area contributed by atoms with E-state index in [2.05, 4.69) is 41.5 Å². The lowest BCUT2D eigenvalue weighted by atomic mass is 9.91. The number of hydrogen-bond donors (Lipinski definition) is 1. The molecule has 0 bridgehead atoms. The minimum atomic E-state index is 0.614. The highest BCUT2D eigenvalue weighted by Gasteiger charge is 2.26. The zero-order chi connectivity index (χ0) is 11.0. The van der Waals surface area contributed by atoms with Crippen LogP contribution < -0.4 is 5.32 Å². The SMILES string of the molecule is CN(CC1Cc2ccccc2N1)C1CCC1. The summed E-state index contributed by atoms with van der Waals surface area (Å²) < 4.78 is 0. The molecule has 0 aromatic heterocycles. The first kappa shape index (κ1) is 10.2. The van der Waals surface area contributed by atoms with Gasteiger partial charge in [0.15, 0.2) is 0 Å². The van der Waals surface area contributed by atoms with E-state index in [9.17, 15) is 0 Å². The molecule has 0 radical (unpaired) electrons. The van der Waals surface area contributed by atoms with E-state index in [1.165, 1.54) is 43.5 Å². The summed E-state index contributed by atoms with van der Waals surface area (Å²) in [6.07, 6.45) is 5.41. The van der Waals surface area contributed by atoms with Crippen molar-refractivity contribution in [3.63, 3.8) is 0 Å². The van der Waals surface area contributed by atoms with Crippen molar-refractivity contribution < 1.29 is 0 Å². The molecular formula is C14H20N2. The maximum atomic E-state index is 3.63. The second kappa shape index (κ2) is 4.10. The summed E-state index contributed by atoms with van der Waals surface area (Å²) in [5.41, 5.74) is 2.82. The third kappa shape index (κ3) is 1.82. The number of nitrogens with one attached hydrogen (secondary N) is 1. The molecule has 2 aliphatic rings. The Balaban J connectivity index is 1.59. The van der Waals surface area contributed by atoms with Crippen LogP contribution in [0.1, 0.15) is 24.8 Å². The Morgan fingerprint density at radius 1 is 1.31 bits per heavy atom. The topological polar surface area (TPSA) is 15.3 Å². The van der Waals surface area contributed by atoms with Crippen molar-refractivity contribution in [2.24, 2.45) is 0 Å². The summed E-state index contributed by atoms with van der Waals surface area (Å²) in [6, 6.07) is 10.2. The van der Waals surface area contributed by atoms with E-state index in [0.717, 1.165) is 6.04 Å². The molecular weight excluding hydrogens is 196 g/mol. The first-order chi connectivity index (χ1) is 7.83. The molecule has 1 fully saturated rings. The third-order valence-corrected chi connectivity index (χ3v) is 4.05. The van der Waals surface area contributed by atoms with Gasteiger partial charge in [0.2, 0.25) is 0 Å². The first-order valence-corrected chi connectivity index (χ1v) is 6.37. The van der Waals surface area contributed by atoms with Crippen LogP contribution in [0.2, 0.25) is 0 Å². The average molecular weight is 216 g/mol. The Kier molecular flexibility index (Phi) is 2.60. The number of nitrogens with zero attached hydrogens (tertiary/aromatic N) is 1. The molecule has 1 N–H and O–H groups in total. The molecule has 1 aliphatic carbocycles. The van der Waals surface area contributed by atoms with Gasteiger partial charge in [0.1, 0.15) is 0 Å². The number of likely N-dealkylation sites (N-methyl/N-ethyl adjacent to an activating group) is 1. The number of hydrogen-bond acceptors (Lipinski definition) is 2. The van der Waals surface area contributed by atoms with Gasteiger partial charge in [-0.25, -0.2) is 0 Å². The molecule has 1 atom stereocenters. The fraction of sp³-hybridized carbons (Fsp3) is 0.571. The minimum absolute atomic E-state index is 0.614. The van der Waals surface area contributed by atoms with Gasteiger partial charge in [-0.3, -0.25) is 0 Å². The largest absolute Gasteiger partial charge is 0.380 e. The molecule has 0 amide bonds. The minimum Gasteiger partial charge on any atom is -0.380 e. The standard InChI is InChI=1S/C14H20N2/c1-16(13-6-4-7-13)10-12-9-11-5-2-3-8-14(11)15-12/h2-3,5,8,12-13,15H,4,6-7,9-10H2,1H3. The molecule has 2 heteroatoms. The summed E-state index contributed by atoms with van der Waals surface area (Å²) >= 11 is 0. The van der Waals surface area contributed by atoms with Crippen LogP contribution in [0, 0.1) is 0 Å². The highest BCUT2D eigenvalue weighted by atomic mass is 15.2. The van der Waals surface area contributed by atoms with E-state index in [-0.39, 0.29) is 0 Å². The van der Waals surface area contributed by atoms with Crippen molar-refractivity contribution in [3.8, 4) is 0 Å². The second-order valence-electron chi connectivity index (χ2n) is 5.23. The average Bonchev–Trinajstić information content (AvgIpc) is 2.56. The summed E-state index contributed by atoms with van der Waals surface area (Å²) in [5.74, 6) is 0. The van der Waals surface area contributed by atoms with Gasteiger partial charge in [-0.1, -0.05) is 24.6 Å². The Labute approximate surface area is 97.6 Å². The van der Waals surface area contributed by atoms with Crippen LogP contribution in [0.5, 0.6) is 0 Å². The van der Waals surface area contributed by atoms with Crippen LogP contribution in [0.15, 0.2) is 24.3 Å². The van der Waals surface area contributed by atoms with E-state index >= 15 is 0 Å². The lowest BCUT2D eigenvalue weighted by Crippen LogP contribution is -2.43. The van der Waals surface area contributed by atoms with E-state index in [1.807, 2.05) is 0 Å². The Morgan fingerprint density at radius 3 is 2.81 bits per heavy atom. The van der Waals surface area contributed by atoms with E-state index in [4.69, 9.17) is 0 Å². The van der Waals surface area contributed by atoms with Gasteiger partial charge in [-0.15, -0.1) is 0 Å². The maximum Gasteiger partial charge on any atom is 0.0429 e. The molecule has 16 heavy (non-hydrogen) atoms. The predicted molar refractivity (Wildman–Crippen MR) is 67.8 cm³/mol. The lowest BCUT2D eigenvalue weighted by Gasteiger charge is -2.36. The summed E-state index contributed by atoms with van der Waals surface area (Å²) in [4.78, 5) is 2.53. The zero-order valence-corrected chi connectivity index (χ0v) is 9.95. The normalized spacial score (nSPS) is 24.0. The molecule has 0 saturated heterocycles. The van der Waals surface area contributed by atoms with Gasteiger partial charge in [0, 0.05) is 24.3 Å². The number of para-hydroxylation sites is 1. The van der Waals surface area contributed by atoms with Crippen LogP contribution in [0.4, 0.5) is 5.69 Å². The smallest absolute Gasteiger partial charge is 0.0429 e. The Morgan fingerprint density at radius 2 is 2.12 bits per heavy atom. The summed E-state index contributed by atoms with van der Waals surface area (Å²) in [5, 5.41) is 3.63. The summed E-state index contributed by atoms with van der Waals surface area (Å²) in [6.45, 7) is 1.18. The molecule has 3 rings (SSSR count). The van der Waals surface area contributed by atoms with Crippen molar-refractivity contribution in [1.29, 1.82) is 0 Å². The van der Waals surface area contributed by atoms with E-state index in [0.29, 0.717) is 6.04 Å². The number of fused-ring (bicyclic) bond motifs is 1. The van der Waals surface area contributed by atoms with Crippen LogP contribution in [0.3, 0.4) is 0 Å². The van der Waals surface area contributed by atoms with Gasteiger partial charge in [-0.2, -0.15) is 0 Å². The van der Waals surface area contributed by atoms with Crippen LogP contribution >= 0.6 is 0 Å². The highest BCUT2D eigenvalue weighted by Crippen LogP contribution is 2.28. The number of anilines is 1. The van der Waals surface area contributed by atoms with Crippen molar-refractivity contribution in [2.45, 2.75) is 37.8 Å². The molecule has 1 heterocycles. The molecule has 2 nitrogen and oxygen atoms in total. The van der Waals surface area contributed by atoms with Crippen LogP contribution in [-0.4, -0.2) is 30.6 Å². The lowest BCUT2D eigenvalue weighted by molar-refractivity contribution is 0.155. The van der Waals surface area contributed by atoms with Crippen molar-refractivity contribution in [3.05, 3.63) is 29.8 Å². The Bertz CT molecular complexity index is 346. The van der Waals surface area contributed by atoms with Gasteiger partial charge in [0.25, 0.3) is 0 Å².